The molecule has 1 N–H and O–H groups in total. The van der Waals surface area contributed by atoms with Crippen LogP contribution in [-0.4, -0.2) is 0 Å². The first-order valence-electron chi connectivity index (χ1n) is 6.99. The molecule has 0 spiro atoms. The molecule has 2 rings (SSSR count). The molecule has 2 aromatic rings. The van der Waals surface area contributed by atoms with E-state index >= 15 is 0 Å². The number of aryl methyl sites for hydroxylation is 1. The van der Waals surface area contributed by atoms with Gasteiger partial charge in [0.1, 0.15) is 0 Å². The van der Waals surface area contributed by atoms with Crippen molar-refractivity contribution in [3.8, 4) is 0 Å². The lowest BCUT2D eigenvalue weighted by Gasteiger charge is -2.21. The average molecular weight is 387 g/mol. The minimum absolute atomic E-state index is 0.238. The summed E-state index contributed by atoms with van der Waals surface area (Å²) >= 11 is 15.8. The largest absolute Gasteiger partial charge is 0.377 e. The summed E-state index contributed by atoms with van der Waals surface area (Å²) in [6.07, 6.45) is 2.14. The molecule has 0 saturated carbocycles. The first kappa shape index (κ1) is 16.7. The van der Waals surface area contributed by atoms with Crippen molar-refractivity contribution >= 4 is 44.8 Å². The Labute approximate surface area is 144 Å². The highest BCUT2D eigenvalue weighted by atomic mass is 79.9. The van der Waals surface area contributed by atoms with Gasteiger partial charge >= 0.3 is 0 Å². The van der Waals surface area contributed by atoms with Crippen molar-refractivity contribution in [2.45, 2.75) is 32.7 Å². The van der Waals surface area contributed by atoms with Gasteiger partial charge in [-0.3, -0.25) is 0 Å². The summed E-state index contributed by atoms with van der Waals surface area (Å²) in [5, 5.41) is 5.11. The third kappa shape index (κ3) is 4.38. The van der Waals surface area contributed by atoms with Crippen LogP contribution in [0.25, 0.3) is 0 Å². The topological polar surface area (TPSA) is 12.0 Å². The van der Waals surface area contributed by atoms with Crippen LogP contribution in [0.1, 0.15) is 36.9 Å². The van der Waals surface area contributed by atoms with Gasteiger partial charge in [0.2, 0.25) is 0 Å². The van der Waals surface area contributed by atoms with E-state index in [1.807, 2.05) is 31.2 Å². The molecule has 1 atom stereocenters. The maximum absolute atomic E-state index is 6.23. The van der Waals surface area contributed by atoms with Gasteiger partial charge in [0.15, 0.2) is 0 Å². The number of nitrogens with one attached hydrogen (secondary N) is 1. The molecule has 112 valence electrons. The van der Waals surface area contributed by atoms with Crippen molar-refractivity contribution in [2.24, 2.45) is 0 Å². The van der Waals surface area contributed by atoms with Crippen molar-refractivity contribution in [2.75, 3.05) is 5.32 Å². The van der Waals surface area contributed by atoms with Crippen LogP contribution in [0.2, 0.25) is 10.0 Å². The highest BCUT2D eigenvalue weighted by Gasteiger charge is 2.13. The Balaban J connectivity index is 2.28. The van der Waals surface area contributed by atoms with Gasteiger partial charge in [0, 0.05) is 14.5 Å². The van der Waals surface area contributed by atoms with E-state index in [1.54, 1.807) is 0 Å². The van der Waals surface area contributed by atoms with E-state index in [4.69, 9.17) is 23.2 Å². The van der Waals surface area contributed by atoms with E-state index in [1.165, 1.54) is 5.56 Å². The van der Waals surface area contributed by atoms with Crippen LogP contribution < -0.4 is 5.32 Å². The van der Waals surface area contributed by atoms with Crippen LogP contribution in [0.15, 0.2) is 40.9 Å². The summed E-state index contributed by atoms with van der Waals surface area (Å²) in [4.78, 5) is 0. The number of halogens is 3. The van der Waals surface area contributed by atoms with Crippen LogP contribution in [0, 0.1) is 6.92 Å². The molecule has 2 aromatic carbocycles. The summed E-state index contributed by atoms with van der Waals surface area (Å²) in [5.41, 5.74) is 3.30. The predicted octanol–water partition coefficient (Wildman–Crippen LogP) is 7.02. The lowest BCUT2D eigenvalue weighted by atomic mass is 10.0. The Kier molecular flexibility index (Phi) is 5.98. The van der Waals surface area contributed by atoms with Crippen LogP contribution in [0.4, 0.5) is 5.69 Å². The second-order valence-corrected chi connectivity index (χ2v) is 6.82. The minimum Gasteiger partial charge on any atom is -0.377 e. The fourth-order valence-electron chi connectivity index (χ4n) is 2.25. The molecule has 0 heterocycles. The zero-order chi connectivity index (χ0) is 15.4. The summed E-state index contributed by atoms with van der Waals surface area (Å²) in [5.74, 6) is 0. The van der Waals surface area contributed by atoms with E-state index < -0.39 is 0 Å². The normalized spacial score (nSPS) is 12.2. The maximum Gasteiger partial charge on any atom is 0.0514 e. The molecule has 0 aliphatic rings. The molecular formula is C17H18BrCl2N. The van der Waals surface area contributed by atoms with E-state index in [9.17, 15) is 0 Å². The Morgan fingerprint density at radius 1 is 1.14 bits per heavy atom. The van der Waals surface area contributed by atoms with Crippen molar-refractivity contribution in [3.05, 3.63) is 62.0 Å². The third-order valence-electron chi connectivity index (χ3n) is 3.43. The van der Waals surface area contributed by atoms with Crippen LogP contribution in [0.5, 0.6) is 0 Å². The minimum atomic E-state index is 0.238. The molecule has 0 fully saturated rings. The van der Waals surface area contributed by atoms with Crippen molar-refractivity contribution < 1.29 is 0 Å². The van der Waals surface area contributed by atoms with E-state index in [-0.39, 0.29) is 6.04 Å². The second kappa shape index (κ2) is 7.53. The van der Waals surface area contributed by atoms with Gasteiger partial charge in [-0.05, 0) is 64.7 Å². The summed E-state index contributed by atoms with van der Waals surface area (Å²) in [7, 11) is 0. The quantitative estimate of drug-likeness (QED) is 0.582. The third-order valence-corrected chi connectivity index (χ3v) is 4.74. The molecule has 1 unspecified atom stereocenters. The van der Waals surface area contributed by atoms with Gasteiger partial charge in [-0.25, -0.2) is 0 Å². The van der Waals surface area contributed by atoms with Gasteiger partial charge < -0.3 is 5.32 Å². The molecule has 0 aromatic heterocycles. The van der Waals surface area contributed by atoms with Gasteiger partial charge in [-0.2, -0.15) is 0 Å². The van der Waals surface area contributed by atoms with Crippen LogP contribution in [-0.2, 0) is 0 Å². The molecule has 0 saturated heterocycles. The number of hydrogen-bond acceptors (Lipinski definition) is 1. The molecule has 0 aliphatic carbocycles. The smallest absolute Gasteiger partial charge is 0.0514 e. The Morgan fingerprint density at radius 2 is 1.81 bits per heavy atom. The highest BCUT2D eigenvalue weighted by molar-refractivity contribution is 9.10. The van der Waals surface area contributed by atoms with E-state index in [2.05, 4.69) is 40.3 Å². The second-order valence-electron chi connectivity index (χ2n) is 5.12. The average Bonchev–Trinajstić information content (AvgIpc) is 2.45. The van der Waals surface area contributed by atoms with Crippen molar-refractivity contribution in [1.29, 1.82) is 0 Å². The zero-order valence-electron chi connectivity index (χ0n) is 12.1. The molecule has 4 heteroatoms. The van der Waals surface area contributed by atoms with Crippen molar-refractivity contribution in [1.82, 2.24) is 0 Å². The highest BCUT2D eigenvalue weighted by Crippen LogP contribution is 2.33. The first-order valence-corrected chi connectivity index (χ1v) is 8.53. The van der Waals surface area contributed by atoms with E-state index in [0.29, 0.717) is 0 Å². The van der Waals surface area contributed by atoms with Crippen LogP contribution >= 0.6 is 39.1 Å². The van der Waals surface area contributed by atoms with Gasteiger partial charge in [-0.15, -0.1) is 0 Å². The fourth-order valence-corrected chi connectivity index (χ4v) is 3.11. The molecule has 0 bridgehead atoms. The van der Waals surface area contributed by atoms with Gasteiger partial charge in [-0.1, -0.05) is 48.7 Å². The number of benzene rings is 2. The predicted molar refractivity (Wildman–Crippen MR) is 96.6 cm³/mol. The maximum atomic E-state index is 6.23. The standard InChI is InChI=1S/C17H18BrCl2N/c1-3-4-16(12-5-7-13(19)8-6-12)21-17-10-15(20)11(2)9-14(17)18/h5-10,16,21H,3-4H2,1-2H3. The molecule has 0 radical (unpaired) electrons. The fraction of sp³-hybridized carbons (Fsp3) is 0.294. The first-order chi connectivity index (χ1) is 10.0. The summed E-state index contributed by atoms with van der Waals surface area (Å²) in [6.45, 7) is 4.18. The Bertz CT molecular complexity index is 611. The Hall–Kier alpha value is -0.700. The molecule has 0 amide bonds. The lowest BCUT2D eigenvalue weighted by Crippen LogP contribution is -2.11. The summed E-state index contributed by atoms with van der Waals surface area (Å²) < 4.78 is 1.03. The van der Waals surface area contributed by atoms with E-state index in [0.717, 1.165) is 38.6 Å². The molecule has 1 nitrogen and oxygen atoms in total. The SMILES string of the molecule is CCCC(Nc1cc(Cl)c(C)cc1Br)c1ccc(Cl)cc1. The van der Waals surface area contributed by atoms with Gasteiger partial charge in [0.25, 0.3) is 0 Å². The van der Waals surface area contributed by atoms with Crippen LogP contribution in [0.3, 0.4) is 0 Å². The van der Waals surface area contributed by atoms with Crippen molar-refractivity contribution in [3.63, 3.8) is 0 Å². The number of anilines is 1. The summed E-state index contributed by atoms with van der Waals surface area (Å²) in [6, 6.07) is 12.2. The zero-order valence-corrected chi connectivity index (χ0v) is 15.2. The van der Waals surface area contributed by atoms with Gasteiger partial charge in [0.05, 0.1) is 11.7 Å². The number of rotatable bonds is 5. The number of hydrogen-bond donors (Lipinski definition) is 1. The molecule has 0 aliphatic heterocycles. The molecule has 21 heavy (non-hydrogen) atoms. The molecular weight excluding hydrogens is 369 g/mol. The Morgan fingerprint density at radius 3 is 2.43 bits per heavy atom. The monoisotopic (exact) mass is 385 g/mol. The lowest BCUT2D eigenvalue weighted by molar-refractivity contribution is 0.677.